The number of rotatable bonds is 6. The minimum atomic E-state index is -0.468. The summed E-state index contributed by atoms with van der Waals surface area (Å²) < 4.78 is 5.66. The number of hydrogen-bond acceptors (Lipinski definition) is 5. The quantitative estimate of drug-likeness (QED) is 0.593. The maximum absolute atomic E-state index is 12.8. The summed E-state index contributed by atoms with van der Waals surface area (Å²) in [6.45, 7) is 1.80. The van der Waals surface area contributed by atoms with Gasteiger partial charge in [0.05, 0.1) is 17.6 Å². The Labute approximate surface area is 143 Å². The second-order valence-corrected chi connectivity index (χ2v) is 6.74. The third-order valence-corrected chi connectivity index (χ3v) is 4.85. The fraction of sp³-hybridized carbons (Fsp3) is 0.353. The van der Waals surface area contributed by atoms with Crippen LogP contribution in [-0.4, -0.2) is 35.0 Å². The molecule has 3 rings (SSSR count). The number of nitrogens with zero attached hydrogens (tertiary/aromatic N) is 2. The number of thiophene rings is 1. The molecule has 1 aliphatic rings. The van der Waals surface area contributed by atoms with E-state index < -0.39 is 4.92 Å². The Balaban J connectivity index is 1.77. The van der Waals surface area contributed by atoms with Gasteiger partial charge in [0, 0.05) is 35.7 Å². The zero-order valence-electron chi connectivity index (χ0n) is 13.1. The van der Waals surface area contributed by atoms with Gasteiger partial charge >= 0.3 is 0 Å². The largest absolute Gasteiger partial charge is 0.376 e. The summed E-state index contributed by atoms with van der Waals surface area (Å²) in [5.74, 6) is -0.131. The van der Waals surface area contributed by atoms with Crippen LogP contribution in [0.25, 0.3) is 0 Å². The molecule has 1 aromatic carbocycles. The molecule has 0 aliphatic carbocycles. The fourth-order valence-electron chi connectivity index (χ4n) is 2.75. The highest BCUT2D eigenvalue weighted by atomic mass is 32.1. The van der Waals surface area contributed by atoms with Crippen LogP contribution in [0.4, 0.5) is 5.69 Å². The SMILES string of the molecule is O=C(c1ccc([N+](=O)[O-])cc1)N(Cc1cccs1)C[C@H]1CCCO1. The Hall–Kier alpha value is -2.25. The van der Waals surface area contributed by atoms with Crippen LogP contribution in [0.5, 0.6) is 0 Å². The zero-order valence-corrected chi connectivity index (χ0v) is 13.9. The van der Waals surface area contributed by atoms with Gasteiger partial charge in [0.1, 0.15) is 0 Å². The summed E-state index contributed by atoms with van der Waals surface area (Å²) in [7, 11) is 0. The number of ether oxygens (including phenoxy) is 1. The molecule has 1 aromatic heterocycles. The second kappa shape index (κ2) is 7.55. The molecule has 0 N–H and O–H groups in total. The van der Waals surface area contributed by atoms with Gasteiger partial charge in [-0.15, -0.1) is 11.3 Å². The van der Waals surface area contributed by atoms with Crippen molar-refractivity contribution in [2.75, 3.05) is 13.2 Å². The molecule has 0 saturated carbocycles. The number of benzene rings is 1. The molecular weight excluding hydrogens is 328 g/mol. The van der Waals surface area contributed by atoms with Crippen LogP contribution in [0.15, 0.2) is 41.8 Å². The van der Waals surface area contributed by atoms with Crippen LogP contribution in [0.3, 0.4) is 0 Å². The number of nitro benzene ring substituents is 1. The third kappa shape index (κ3) is 3.98. The van der Waals surface area contributed by atoms with Gasteiger partial charge in [-0.05, 0) is 36.4 Å². The molecular formula is C17H18N2O4S. The van der Waals surface area contributed by atoms with Crippen molar-refractivity contribution < 1.29 is 14.5 Å². The highest BCUT2D eigenvalue weighted by molar-refractivity contribution is 7.09. The van der Waals surface area contributed by atoms with Crippen LogP contribution < -0.4 is 0 Å². The Morgan fingerprint density at radius 3 is 2.71 bits per heavy atom. The molecule has 1 fully saturated rings. The fourth-order valence-corrected chi connectivity index (χ4v) is 3.47. The van der Waals surface area contributed by atoms with E-state index in [1.54, 1.807) is 16.2 Å². The Kier molecular flexibility index (Phi) is 5.22. The third-order valence-electron chi connectivity index (χ3n) is 3.99. The van der Waals surface area contributed by atoms with Crippen molar-refractivity contribution in [2.45, 2.75) is 25.5 Å². The molecule has 126 valence electrons. The summed E-state index contributed by atoms with van der Waals surface area (Å²) in [6, 6.07) is 9.71. The monoisotopic (exact) mass is 346 g/mol. The molecule has 7 heteroatoms. The predicted octanol–water partition coefficient (Wildman–Crippen LogP) is 3.48. The van der Waals surface area contributed by atoms with Crippen molar-refractivity contribution in [2.24, 2.45) is 0 Å². The highest BCUT2D eigenvalue weighted by Crippen LogP contribution is 2.20. The van der Waals surface area contributed by atoms with E-state index in [9.17, 15) is 14.9 Å². The molecule has 0 radical (unpaired) electrons. The maximum Gasteiger partial charge on any atom is 0.269 e. The Bertz CT molecular complexity index is 694. The van der Waals surface area contributed by atoms with E-state index in [1.807, 2.05) is 17.5 Å². The Morgan fingerprint density at radius 1 is 1.33 bits per heavy atom. The van der Waals surface area contributed by atoms with E-state index in [0.717, 1.165) is 24.3 Å². The predicted molar refractivity (Wildman–Crippen MR) is 91.1 cm³/mol. The lowest BCUT2D eigenvalue weighted by Crippen LogP contribution is -2.36. The van der Waals surface area contributed by atoms with Crippen LogP contribution >= 0.6 is 11.3 Å². The van der Waals surface area contributed by atoms with Gasteiger partial charge in [-0.3, -0.25) is 14.9 Å². The van der Waals surface area contributed by atoms with E-state index in [1.165, 1.54) is 24.3 Å². The average molecular weight is 346 g/mol. The number of hydrogen-bond donors (Lipinski definition) is 0. The van der Waals surface area contributed by atoms with Crippen LogP contribution in [0.1, 0.15) is 28.1 Å². The number of carbonyl (C=O) groups is 1. The number of amides is 1. The molecule has 2 heterocycles. The first kappa shape index (κ1) is 16.6. The Morgan fingerprint density at radius 2 is 2.12 bits per heavy atom. The molecule has 0 unspecified atom stereocenters. The first-order valence-corrected chi connectivity index (χ1v) is 8.69. The lowest BCUT2D eigenvalue weighted by Gasteiger charge is -2.25. The standard InChI is InChI=1S/C17H18N2O4S/c20-17(13-5-7-14(8-6-13)19(21)22)18(11-15-3-1-9-23-15)12-16-4-2-10-24-16/h2,4-8,10,15H,1,3,9,11-12H2/t15-/m1/s1. The van der Waals surface area contributed by atoms with Crippen LogP contribution in [0, 0.1) is 10.1 Å². The molecule has 1 saturated heterocycles. The van der Waals surface area contributed by atoms with Gasteiger partial charge in [-0.2, -0.15) is 0 Å². The van der Waals surface area contributed by atoms with Crippen LogP contribution in [-0.2, 0) is 11.3 Å². The van der Waals surface area contributed by atoms with Gasteiger partial charge in [0.2, 0.25) is 0 Å². The first-order chi connectivity index (χ1) is 11.6. The van der Waals surface area contributed by atoms with Crippen molar-refractivity contribution in [3.8, 4) is 0 Å². The minimum Gasteiger partial charge on any atom is -0.376 e. The average Bonchev–Trinajstić information content (AvgIpc) is 3.27. The summed E-state index contributed by atoms with van der Waals surface area (Å²) in [5, 5.41) is 12.7. The minimum absolute atomic E-state index is 0.0181. The normalized spacial score (nSPS) is 16.9. The van der Waals surface area contributed by atoms with E-state index in [-0.39, 0.29) is 17.7 Å². The number of non-ortho nitro benzene ring substituents is 1. The van der Waals surface area contributed by atoms with E-state index in [0.29, 0.717) is 18.7 Å². The van der Waals surface area contributed by atoms with Crippen molar-refractivity contribution in [1.29, 1.82) is 0 Å². The molecule has 24 heavy (non-hydrogen) atoms. The smallest absolute Gasteiger partial charge is 0.269 e. The van der Waals surface area contributed by atoms with Gasteiger partial charge in [-0.1, -0.05) is 6.07 Å². The molecule has 0 spiro atoms. The van der Waals surface area contributed by atoms with E-state index >= 15 is 0 Å². The van der Waals surface area contributed by atoms with E-state index in [4.69, 9.17) is 4.74 Å². The van der Waals surface area contributed by atoms with Crippen molar-refractivity contribution in [1.82, 2.24) is 4.90 Å². The van der Waals surface area contributed by atoms with Crippen molar-refractivity contribution in [3.05, 3.63) is 62.3 Å². The molecule has 6 nitrogen and oxygen atoms in total. The number of nitro groups is 1. The topological polar surface area (TPSA) is 72.7 Å². The van der Waals surface area contributed by atoms with Gasteiger partial charge in [0.25, 0.3) is 11.6 Å². The molecule has 1 aliphatic heterocycles. The highest BCUT2D eigenvalue weighted by Gasteiger charge is 2.24. The second-order valence-electron chi connectivity index (χ2n) is 5.70. The summed E-state index contributed by atoms with van der Waals surface area (Å²) in [4.78, 5) is 26.0. The zero-order chi connectivity index (χ0) is 16.9. The summed E-state index contributed by atoms with van der Waals surface area (Å²) in [6.07, 6.45) is 2.03. The first-order valence-electron chi connectivity index (χ1n) is 7.81. The lowest BCUT2D eigenvalue weighted by molar-refractivity contribution is -0.384. The van der Waals surface area contributed by atoms with Crippen LogP contribution in [0.2, 0.25) is 0 Å². The van der Waals surface area contributed by atoms with Gasteiger partial charge < -0.3 is 9.64 Å². The molecule has 1 amide bonds. The number of carbonyl (C=O) groups excluding carboxylic acids is 1. The maximum atomic E-state index is 12.8. The van der Waals surface area contributed by atoms with Crippen molar-refractivity contribution in [3.63, 3.8) is 0 Å². The van der Waals surface area contributed by atoms with Crippen molar-refractivity contribution >= 4 is 22.9 Å². The molecule has 0 bridgehead atoms. The molecule has 1 atom stereocenters. The van der Waals surface area contributed by atoms with E-state index in [2.05, 4.69) is 0 Å². The summed E-state index contributed by atoms with van der Waals surface area (Å²) >= 11 is 1.60. The summed E-state index contributed by atoms with van der Waals surface area (Å²) in [5.41, 5.74) is 0.436. The molecule has 2 aromatic rings. The lowest BCUT2D eigenvalue weighted by atomic mass is 10.1. The van der Waals surface area contributed by atoms with Gasteiger partial charge in [-0.25, -0.2) is 0 Å². The van der Waals surface area contributed by atoms with Gasteiger partial charge in [0.15, 0.2) is 0 Å².